The van der Waals surface area contributed by atoms with Gasteiger partial charge in [-0.15, -0.1) is 0 Å². The summed E-state index contributed by atoms with van der Waals surface area (Å²) < 4.78 is 5.84. The summed E-state index contributed by atoms with van der Waals surface area (Å²) in [5.41, 5.74) is 1.02. The lowest BCUT2D eigenvalue weighted by atomic mass is 10.2. The van der Waals surface area contributed by atoms with Crippen molar-refractivity contribution in [2.75, 3.05) is 31.1 Å². The molecule has 2 heterocycles. The van der Waals surface area contributed by atoms with Crippen LogP contribution in [-0.4, -0.2) is 53.1 Å². The van der Waals surface area contributed by atoms with Crippen molar-refractivity contribution in [1.29, 1.82) is 0 Å². The van der Waals surface area contributed by atoms with Gasteiger partial charge in [0.1, 0.15) is 17.1 Å². The van der Waals surface area contributed by atoms with E-state index in [-0.39, 0.29) is 5.91 Å². The fourth-order valence-corrected chi connectivity index (χ4v) is 3.09. The van der Waals surface area contributed by atoms with E-state index < -0.39 is 6.10 Å². The van der Waals surface area contributed by atoms with E-state index in [9.17, 15) is 4.79 Å². The largest absolute Gasteiger partial charge is 0.481 e. The van der Waals surface area contributed by atoms with Gasteiger partial charge in [-0.2, -0.15) is 0 Å². The fourth-order valence-electron chi connectivity index (χ4n) is 2.86. The normalized spacial score (nSPS) is 15.8. The molecule has 0 N–H and O–H groups in total. The zero-order valence-electron chi connectivity index (χ0n) is 14.4. The van der Waals surface area contributed by atoms with Crippen molar-refractivity contribution in [2.45, 2.75) is 20.0 Å². The third-order valence-electron chi connectivity index (χ3n) is 4.28. The number of nitrogens with zero attached hydrogens (tertiary/aromatic N) is 4. The first-order valence-electron chi connectivity index (χ1n) is 8.28. The zero-order chi connectivity index (χ0) is 17.8. The van der Waals surface area contributed by atoms with Gasteiger partial charge in [-0.1, -0.05) is 29.8 Å². The molecule has 0 radical (unpaired) electrons. The van der Waals surface area contributed by atoms with Gasteiger partial charge in [-0.05, 0) is 25.5 Å². The smallest absolute Gasteiger partial charge is 0.263 e. The van der Waals surface area contributed by atoms with Crippen LogP contribution in [0.5, 0.6) is 5.75 Å². The Morgan fingerprint density at radius 1 is 1.24 bits per heavy atom. The van der Waals surface area contributed by atoms with Gasteiger partial charge >= 0.3 is 0 Å². The molecule has 1 atom stereocenters. The van der Waals surface area contributed by atoms with Gasteiger partial charge in [0.05, 0.1) is 6.20 Å². The number of benzene rings is 1. The number of rotatable bonds is 4. The molecule has 2 aromatic rings. The maximum absolute atomic E-state index is 12.7. The lowest BCUT2D eigenvalue weighted by molar-refractivity contribution is -0.138. The molecule has 0 spiro atoms. The molecule has 132 valence electrons. The molecule has 1 aromatic carbocycles. The van der Waals surface area contributed by atoms with Crippen LogP contribution in [0, 0.1) is 6.92 Å². The third kappa shape index (κ3) is 4.02. The molecule has 1 saturated heterocycles. The monoisotopic (exact) mass is 360 g/mol. The third-order valence-corrected chi connectivity index (χ3v) is 4.55. The van der Waals surface area contributed by atoms with E-state index in [4.69, 9.17) is 16.3 Å². The summed E-state index contributed by atoms with van der Waals surface area (Å²) in [5, 5.41) is 0.526. The first kappa shape index (κ1) is 17.5. The molecule has 1 unspecified atom stereocenters. The number of hydrogen-bond donors (Lipinski definition) is 0. The minimum Gasteiger partial charge on any atom is -0.481 e. The molecule has 1 fully saturated rings. The summed E-state index contributed by atoms with van der Waals surface area (Å²) >= 11 is 6.14. The summed E-state index contributed by atoms with van der Waals surface area (Å²) in [7, 11) is 0. The molecule has 7 heteroatoms. The van der Waals surface area contributed by atoms with Gasteiger partial charge in [0.2, 0.25) is 0 Å². The Bertz CT molecular complexity index is 747. The Balaban J connectivity index is 1.58. The van der Waals surface area contributed by atoms with E-state index in [1.165, 1.54) is 6.33 Å². The quantitative estimate of drug-likeness (QED) is 0.838. The van der Waals surface area contributed by atoms with Crippen LogP contribution in [0.1, 0.15) is 12.5 Å². The number of aryl methyl sites for hydroxylation is 1. The lowest BCUT2D eigenvalue weighted by Gasteiger charge is -2.36. The molecule has 1 amide bonds. The number of piperazine rings is 1. The van der Waals surface area contributed by atoms with Crippen LogP contribution in [0.25, 0.3) is 0 Å². The Labute approximate surface area is 152 Å². The van der Waals surface area contributed by atoms with Crippen LogP contribution in [0.2, 0.25) is 5.02 Å². The topological polar surface area (TPSA) is 58.6 Å². The van der Waals surface area contributed by atoms with E-state index in [2.05, 4.69) is 14.9 Å². The van der Waals surface area contributed by atoms with Crippen LogP contribution < -0.4 is 9.64 Å². The molecule has 0 saturated carbocycles. The van der Waals surface area contributed by atoms with E-state index in [0.29, 0.717) is 37.0 Å². The average molecular weight is 361 g/mol. The predicted octanol–water partition coefficient (Wildman–Crippen LogP) is 2.55. The van der Waals surface area contributed by atoms with Crippen molar-refractivity contribution >= 4 is 23.3 Å². The first-order valence-corrected chi connectivity index (χ1v) is 8.65. The van der Waals surface area contributed by atoms with Gasteiger partial charge in [-0.3, -0.25) is 4.79 Å². The molecule has 1 aliphatic rings. The van der Waals surface area contributed by atoms with Crippen LogP contribution in [0.15, 0.2) is 36.8 Å². The summed E-state index contributed by atoms with van der Waals surface area (Å²) in [4.78, 5) is 24.7. The van der Waals surface area contributed by atoms with Gasteiger partial charge in [-0.25, -0.2) is 9.97 Å². The van der Waals surface area contributed by atoms with Crippen molar-refractivity contribution in [3.63, 3.8) is 0 Å². The average Bonchev–Trinajstić information content (AvgIpc) is 2.63. The summed E-state index contributed by atoms with van der Waals surface area (Å²) in [6.45, 7) is 6.35. The Kier molecular flexibility index (Phi) is 5.38. The van der Waals surface area contributed by atoms with Crippen molar-refractivity contribution in [2.24, 2.45) is 0 Å². The molecule has 25 heavy (non-hydrogen) atoms. The van der Waals surface area contributed by atoms with Crippen molar-refractivity contribution < 1.29 is 9.53 Å². The van der Waals surface area contributed by atoms with Crippen LogP contribution in [0.3, 0.4) is 0 Å². The number of carbonyl (C=O) groups excluding carboxylic acids is 1. The van der Waals surface area contributed by atoms with Crippen LogP contribution in [0.4, 0.5) is 5.82 Å². The molecule has 0 aliphatic carbocycles. The van der Waals surface area contributed by atoms with Gasteiger partial charge < -0.3 is 14.5 Å². The minimum absolute atomic E-state index is 0.00307. The van der Waals surface area contributed by atoms with Crippen LogP contribution >= 0.6 is 11.6 Å². The lowest BCUT2D eigenvalue weighted by Crippen LogP contribution is -2.52. The van der Waals surface area contributed by atoms with Gasteiger partial charge in [0.25, 0.3) is 5.91 Å². The van der Waals surface area contributed by atoms with Gasteiger partial charge in [0, 0.05) is 26.2 Å². The molecule has 6 nitrogen and oxygen atoms in total. The first-order chi connectivity index (χ1) is 12.1. The number of anilines is 1. The maximum Gasteiger partial charge on any atom is 0.263 e. The zero-order valence-corrected chi connectivity index (χ0v) is 15.1. The second-order valence-electron chi connectivity index (χ2n) is 6.03. The number of carbonyl (C=O) groups is 1. The number of aromatic nitrogens is 2. The van der Waals surface area contributed by atoms with E-state index in [0.717, 1.165) is 11.3 Å². The predicted molar refractivity (Wildman–Crippen MR) is 97.1 cm³/mol. The standard InChI is InChI=1S/C18H21ClN4O2/c1-13-5-3-4-6-16(13)25-14(2)18(24)23-9-7-22(8-10-23)17-15(19)11-20-12-21-17/h3-6,11-12,14H,7-10H2,1-2H3. The van der Waals surface area contributed by atoms with Crippen molar-refractivity contribution in [3.05, 3.63) is 47.4 Å². The number of para-hydroxylation sites is 1. The highest BCUT2D eigenvalue weighted by Gasteiger charge is 2.27. The second-order valence-corrected chi connectivity index (χ2v) is 6.44. The van der Waals surface area contributed by atoms with Crippen molar-refractivity contribution in [3.8, 4) is 5.75 Å². The Morgan fingerprint density at radius 2 is 1.96 bits per heavy atom. The van der Waals surface area contributed by atoms with E-state index in [1.807, 2.05) is 36.1 Å². The number of amides is 1. The molecular formula is C18H21ClN4O2. The van der Waals surface area contributed by atoms with E-state index in [1.54, 1.807) is 13.1 Å². The summed E-state index contributed by atoms with van der Waals surface area (Å²) in [6, 6.07) is 7.71. The number of halogens is 1. The van der Waals surface area contributed by atoms with Crippen LogP contribution in [-0.2, 0) is 4.79 Å². The highest BCUT2D eigenvalue weighted by atomic mass is 35.5. The SMILES string of the molecule is Cc1ccccc1OC(C)C(=O)N1CCN(c2ncncc2Cl)CC1. The number of hydrogen-bond acceptors (Lipinski definition) is 5. The molecule has 1 aromatic heterocycles. The number of ether oxygens (including phenoxy) is 1. The van der Waals surface area contributed by atoms with Crippen molar-refractivity contribution in [1.82, 2.24) is 14.9 Å². The minimum atomic E-state index is -0.518. The molecular weight excluding hydrogens is 340 g/mol. The van der Waals surface area contributed by atoms with Gasteiger partial charge in [0.15, 0.2) is 11.9 Å². The maximum atomic E-state index is 12.7. The molecule has 3 rings (SSSR count). The summed E-state index contributed by atoms with van der Waals surface area (Å²) in [5.74, 6) is 1.46. The Morgan fingerprint density at radius 3 is 2.64 bits per heavy atom. The molecule has 0 bridgehead atoms. The highest BCUT2D eigenvalue weighted by molar-refractivity contribution is 6.32. The summed E-state index contributed by atoms with van der Waals surface area (Å²) in [6.07, 6.45) is 2.55. The fraction of sp³-hybridized carbons (Fsp3) is 0.389. The second kappa shape index (κ2) is 7.70. The molecule has 1 aliphatic heterocycles. The van der Waals surface area contributed by atoms with E-state index >= 15 is 0 Å². The Hall–Kier alpha value is -2.34. The highest BCUT2D eigenvalue weighted by Crippen LogP contribution is 2.23.